The van der Waals surface area contributed by atoms with E-state index in [4.69, 9.17) is 16.3 Å². The molecule has 2 aromatic carbocycles. The van der Waals surface area contributed by atoms with Crippen LogP contribution in [0.15, 0.2) is 52.5 Å². The molecule has 0 fully saturated rings. The van der Waals surface area contributed by atoms with Crippen molar-refractivity contribution in [3.8, 4) is 11.8 Å². The Labute approximate surface area is 153 Å². The van der Waals surface area contributed by atoms with Crippen molar-refractivity contribution in [2.45, 2.75) is 6.92 Å². The maximum absolute atomic E-state index is 12.2. The second-order valence-corrected chi connectivity index (χ2v) is 6.05. The SMILES string of the molecule is CCOc1ccc(/C=C(\C#N)C(=O)Nc2cccc(Cl)c2)cc1Br. The number of halogens is 2. The second-order valence-electron chi connectivity index (χ2n) is 4.76. The Morgan fingerprint density at radius 2 is 2.17 bits per heavy atom. The summed E-state index contributed by atoms with van der Waals surface area (Å²) in [5.41, 5.74) is 1.23. The largest absolute Gasteiger partial charge is 0.493 e. The van der Waals surface area contributed by atoms with E-state index in [-0.39, 0.29) is 5.57 Å². The van der Waals surface area contributed by atoms with Gasteiger partial charge in [0.2, 0.25) is 0 Å². The fourth-order valence-electron chi connectivity index (χ4n) is 1.96. The molecule has 0 saturated carbocycles. The van der Waals surface area contributed by atoms with Gasteiger partial charge in [0.1, 0.15) is 17.4 Å². The number of nitriles is 1. The molecule has 1 N–H and O–H groups in total. The Morgan fingerprint density at radius 3 is 2.79 bits per heavy atom. The number of ether oxygens (including phenoxy) is 1. The van der Waals surface area contributed by atoms with Gasteiger partial charge >= 0.3 is 0 Å². The van der Waals surface area contributed by atoms with Gasteiger partial charge in [0.15, 0.2) is 0 Å². The van der Waals surface area contributed by atoms with Crippen LogP contribution in [0.4, 0.5) is 5.69 Å². The molecule has 0 aliphatic heterocycles. The Morgan fingerprint density at radius 1 is 1.38 bits per heavy atom. The van der Waals surface area contributed by atoms with Gasteiger partial charge in [-0.2, -0.15) is 5.26 Å². The van der Waals surface area contributed by atoms with Crippen LogP contribution >= 0.6 is 27.5 Å². The summed E-state index contributed by atoms with van der Waals surface area (Å²) < 4.78 is 6.19. The molecule has 0 spiro atoms. The van der Waals surface area contributed by atoms with E-state index in [2.05, 4.69) is 21.2 Å². The van der Waals surface area contributed by atoms with Crippen LogP contribution in [0.1, 0.15) is 12.5 Å². The first kappa shape index (κ1) is 18.1. The van der Waals surface area contributed by atoms with E-state index >= 15 is 0 Å². The Kier molecular flexibility index (Phi) is 6.42. The predicted molar refractivity (Wildman–Crippen MR) is 99.0 cm³/mol. The van der Waals surface area contributed by atoms with Gasteiger partial charge < -0.3 is 10.1 Å². The van der Waals surface area contributed by atoms with Crippen molar-refractivity contribution < 1.29 is 9.53 Å². The number of rotatable bonds is 5. The first-order valence-corrected chi connectivity index (χ1v) is 8.31. The molecular weight excluding hydrogens is 392 g/mol. The summed E-state index contributed by atoms with van der Waals surface area (Å²) in [6.45, 7) is 2.45. The van der Waals surface area contributed by atoms with E-state index in [0.717, 1.165) is 4.47 Å². The monoisotopic (exact) mass is 404 g/mol. The van der Waals surface area contributed by atoms with E-state index in [1.54, 1.807) is 42.5 Å². The fraction of sp³-hybridized carbons (Fsp3) is 0.111. The topological polar surface area (TPSA) is 62.1 Å². The maximum Gasteiger partial charge on any atom is 0.266 e. The zero-order chi connectivity index (χ0) is 17.5. The molecule has 6 heteroatoms. The molecule has 2 rings (SSSR count). The van der Waals surface area contributed by atoms with E-state index in [1.165, 1.54) is 6.08 Å². The summed E-state index contributed by atoms with van der Waals surface area (Å²) in [5, 5.41) is 12.4. The third-order valence-corrected chi connectivity index (χ3v) is 3.87. The standard InChI is InChI=1S/C18H14BrClN2O2/c1-2-24-17-7-6-12(9-16(17)19)8-13(11-21)18(23)22-15-5-3-4-14(20)10-15/h3-10H,2H2,1H3,(H,22,23)/b13-8+. The van der Waals surface area contributed by atoms with Crippen LogP contribution in [-0.4, -0.2) is 12.5 Å². The van der Waals surface area contributed by atoms with Crippen molar-refractivity contribution in [3.63, 3.8) is 0 Å². The first-order chi connectivity index (χ1) is 11.5. The number of hydrogen-bond donors (Lipinski definition) is 1. The highest BCUT2D eigenvalue weighted by Crippen LogP contribution is 2.27. The molecule has 0 bridgehead atoms. The number of anilines is 1. The number of carbonyl (C=O) groups excluding carboxylic acids is 1. The molecule has 0 aromatic heterocycles. The van der Waals surface area contributed by atoms with Crippen molar-refractivity contribution in [3.05, 3.63) is 63.1 Å². The molecule has 0 radical (unpaired) electrons. The highest BCUT2D eigenvalue weighted by atomic mass is 79.9. The number of nitrogens with zero attached hydrogens (tertiary/aromatic N) is 1. The van der Waals surface area contributed by atoms with Crippen LogP contribution in [0, 0.1) is 11.3 Å². The summed E-state index contributed by atoms with van der Waals surface area (Å²) in [6.07, 6.45) is 1.51. The lowest BCUT2D eigenvalue weighted by molar-refractivity contribution is -0.112. The third-order valence-electron chi connectivity index (χ3n) is 3.01. The molecule has 0 saturated heterocycles. The molecule has 24 heavy (non-hydrogen) atoms. The van der Waals surface area contributed by atoms with Gasteiger partial charge in [-0.05, 0) is 64.8 Å². The molecule has 0 unspecified atom stereocenters. The molecule has 0 aliphatic carbocycles. The van der Waals surface area contributed by atoms with Crippen LogP contribution in [0.25, 0.3) is 6.08 Å². The second kappa shape index (κ2) is 8.53. The molecule has 1 amide bonds. The lowest BCUT2D eigenvalue weighted by Crippen LogP contribution is -2.13. The van der Waals surface area contributed by atoms with Crippen LogP contribution in [-0.2, 0) is 4.79 Å². The molecule has 0 aliphatic rings. The Hall–Kier alpha value is -2.29. The van der Waals surface area contributed by atoms with Crippen molar-refractivity contribution >= 4 is 45.2 Å². The molecule has 122 valence electrons. The van der Waals surface area contributed by atoms with Crippen molar-refractivity contribution in [1.29, 1.82) is 5.26 Å². The maximum atomic E-state index is 12.2. The minimum atomic E-state index is -0.496. The van der Waals surface area contributed by atoms with Crippen molar-refractivity contribution in [2.75, 3.05) is 11.9 Å². The number of carbonyl (C=O) groups is 1. The summed E-state index contributed by atoms with van der Waals surface area (Å²) in [4.78, 5) is 12.2. The number of hydrogen-bond acceptors (Lipinski definition) is 3. The van der Waals surface area contributed by atoms with E-state index in [1.807, 2.05) is 13.0 Å². The van der Waals surface area contributed by atoms with Crippen molar-refractivity contribution in [1.82, 2.24) is 0 Å². The summed E-state index contributed by atoms with van der Waals surface area (Å²) in [6, 6.07) is 14.0. The minimum Gasteiger partial charge on any atom is -0.493 e. The van der Waals surface area contributed by atoms with E-state index in [9.17, 15) is 10.1 Å². The number of amides is 1. The van der Waals surface area contributed by atoms with Gasteiger partial charge in [0.25, 0.3) is 5.91 Å². The van der Waals surface area contributed by atoms with Gasteiger partial charge in [-0.25, -0.2) is 0 Å². The van der Waals surface area contributed by atoms with Gasteiger partial charge in [0, 0.05) is 10.7 Å². The lowest BCUT2D eigenvalue weighted by atomic mass is 10.1. The Bertz CT molecular complexity index is 828. The molecule has 0 atom stereocenters. The zero-order valence-corrected chi connectivity index (χ0v) is 15.2. The number of benzene rings is 2. The van der Waals surface area contributed by atoms with E-state index in [0.29, 0.717) is 28.6 Å². The van der Waals surface area contributed by atoms with Gasteiger partial charge in [-0.3, -0.25) is 4.79 Å². The number of nitrogens with one attached hydrogen (secondary N) is 1. The minimum absolute atomic E-state index is 0.00830. The van der Waals surface area contributed by atoms with Crippen LogP contribution in [0.3, 0.4) is 0 Å². The smallest absolute Gasteiger partial charge is 0.266 e. The summed E-state index contributed by atoms with van der Waals surface area (Å²) >= 11 is 9.29. The highest BCUT2D eigenvalue weighted by molar-refractivity contribution is 9.10. The lowest BCUT2D eigenvalue weighted by Gasteiger charge is -2.07. The molecule has 2 aromatic rings. The predicted octanol–water partition coefficient (Wildman–Crippen LogP) is 5.05. The Balaban J connectivity index is 2.21. The van der Waals surface area contributed by atoms with E-state index < -0.39 is 5.91 Å². The molecule has 0 heterocycles. The van der Waals surface area contributed by atoms with Crippen LogP contribution < -0.4 is 10.1 Å². The van der Waals surface area contributed by atoms with Crippen LogP contribution in [0.2, 0.25) is 5.02 Å². The van der Waals surface area contributed by atoms with Gasteiger partial charge in [0.05, 0.1) is 11.1 Å². The fourth-order valence-corrected chi connectivity index (χ4v) is 2.66. The third kappa shape index (κ3) is 4.85. The summed E-state index contributed by atoms with van der Waals surface area (Å²) in [7, 11) is 0. The normalized spacial score (nSPS) is 10.8. The van der Waals surface area contributed by atoms with Crippen LogP contribution in [0.5, 0.6) is 5.75 Å². The van der Waals surface area contributed by atoms with Crippen molar-refractivity contribution in [2.24, 2.45) is 0 Å². The molecule has 4 nitrogen and oxygen atoms in total. The highest BCUT2D eigenvalue weighted by Gasteiger charge is 2.10. The molecular formula is C18H14BrClN2O2. The van der Waals surface area contributed by atoms with Gasteiger partial charge in [-0.15, -0.1) is 0 Å². The zero-order valence-electron chi connectivity index (χ0n) is 12.8. The first-order valence-electron chi connectivity index (χ1n) is 7.14. The van der Waals surface area contributed by atoms with Gasteiger partial charge in [-0.1, -0.05) is 23.7 Å². The summed E-state index contributed by atoms with van der Waals surface area (Å²) in [5.74, 6) is 0.210. The quantitative estimate of drug-likeness (QED) is 0.559. The average molecular weight is 406 g/mol. The average Bonchev–Trinajstić information content (AvgIpc) is 2.55.